The summed E-state index contributed by atoms with van der Waals surface area (Å²) in [7, 11) is 0. The van der Waals surface area contributed by atoms with Crippen molar-refractivity contribution in [1.82, 2.24) is 5.32 Å². The first-order valence-corrected chi connectivity index (χ1v) is 8.29. The van der Waals surface area contributed by atoms with E-state index in [2.05, 4.69) is 12.2 Å². The minimum atomic E-state index is -0.653. The largest absolute Gasteiger partial charge is 0.438 e. The highest BCUT2D eigenvalue weighted by Crippen LogP contribution is 2.11. The molecule has 0 fully saturated rings. The van der Waals surface area contributed by atoms with E-state index in [-0.39, 0.29) is 5.91 Å². The zero-order valence-electron chi connectivity index (χ0n) is 14.1. The number of hydrogen-bond acceptors (Lipinski definition) is 3. The van der Waals surface area contributed by atoms with Crippen molar-refractivity contribution in [2.75, 3.05) is 0 Å². The Balaban J connectivity index is 2.00. The predicted octanol–water partition coefficient (Wildman–Crippen LogP) is 3.96. The van der Waals surface area contributed by atoms with Crippen LogP contribution in [0.25, 0.3) is 0 Å². The normalized spacial score (nSPS) is 11.6. The third kappa shape index (κ3) is 4.95. The Labute approximate surface area is 142 Å². The van der Waals surface area contributed by atoms with Gasteiger partial charge < -0.3 is 10.1 Å². The average Bonchev–Trinajstić information content (AvgIpc) is 2.62. The van der Waals surface area contributed by atoms with Crippen molar-refractivity contribution < 1.29 is 14.3 Å². The number of benzene rings is 2. The summed E-state index contributed by atoms with van der Waals surface area (Å²) in [5.41, 5.74) is 2.15. The second kappa shape index (κ2) is 8.87. The average molecular weight is 325 g/mol. The Morgan fingerprint density at radius 2 is 1.71 bits per heavy atom. The van der Waals surface area contributed by atoms with E-state index >= 15 is 0 Å². The van der Waals surface area contributed by atoms with Crippen molar-refractivity contribution in [3.63, 3.8) is 0 Å². The summed E-state index contributed by atoms with van der Waals surface area (Å²) in [5.74, 6) is -0.678. The molecule has 2 aromatic rings. The van der Waals surface area contributed by atoms with Gasteiger partial charge in [0.1, 0.15) is 0 Å². The van der Waals surface area contributed by atoms with Crippen LogP contribution in [-0.2, 0) is 11.2 Å². The third-order valence-electron chi connectivity index (χ3n) is 3.65. The highest BCUT2D eigenvalue weighted by Gasteiger charge is 2.17. The molecule has 1 unspecified atom stereocenters. The molecule has 126 valence electrons. The summed E-state index contributed by atoms with van der Waals surface area (Å²) >= 11 is 0. The predicted molar refractivity (Wildman–Crippen MR) is 93.8 cm³/mol. The minimum absolute atomic E-state index is 0.255. The molecule has 0 spiro atoms. The topological polar surface area (TPSA) is 55.4 Å². The van der Waals surface area contributed by atoms with Crippen molar-refractivity contribution in [3.05, 3.63) is 71.3 Å². The molecular weight excluding hydrogens is 302 g/mol. The van der Waals surface area contributed by atoms with Gasteiger partial charge in [0.25, 0.3) is 5.91 Å². The molecule has 2 rings (SSSR count). The first-order chi connectivity index (χ1) is 11.6. The number of carbonyl (C=O) groups is 2. The van der Waals surface area contributed by atoms with E-state index in [1.165, 1.54) is 0 Å². The fourth-order valence-corrected chi connectivity index (χ4v) is 2.37. The lowest BCUT2D eigenvalue weighted by Gasteiger charge is -2.18. The molecule has 2 aromatic carbocycles. The standard InChI is InChI=1S/C20H23NO3/c1-3-9-15-10-8-13-17(14-15)20(23)24-18(4-2)21-19(22)16-11-6-5-7-12-16/h5-8,10-14,18H,3-4,9H2,1-2H3,(H,21,22). The number of hydrogen-bond donors (Lipinski definition) is 1. The Morgan fingerprint density at radius 3 is 2.38 bits per heavy atom. The Morgan fingerprint density at radius 1 is 1.00 bits per heavy atom. The molecule has 0 aliphatic rings. The maximum Gasteiger partial charge on any atom is 0.340 e. The molecule has 0 saturated carbocycles. The van der Waals surface area contributed by atoms with Gasteiger partial charge in [-0.25, -0.2) is 4.79 Å². The van der Waals surface area contributed by atoms with Gasteiger partial charge in [-0.15, -0.1) is 0 Å². The van der Waals surface area contributed by atoms with Crippen LogP contribution in [0.2, 0.25) is 0 Å². The van der Waals surface area contributed by atoms with Crippen LogP contribution in [0.3, 0.4) is 0 Å². The fraction of sp³-hybridized carbons (Fsp3) is 0.300. The summed E-state index contributed by atoms with van der Waals surface area (Å²) in [6.07, 6.45) is 1.78. The maximum absolute atomic E-state index is 12.3. The zero-order valence-corrected chi connectivity index (χ0v) is 14.1. The molecule has 0 radical (unpaired) electrons. The van der Waals surface area contributed by atoms with E-state index in [9.17, 15) is 9.59 Å². The van der Waals surface area contributed by atoms with Crippen molar-refractivity contribution in [2.24, 2.45) is 0 Å². The quantitative estimate of drug-likeness (QED) is 0.619. The van der Waals surface area contributed by atoms with E-state index < -0.39 is 12.2 Å². The van der Waals surface area contributed by atoms with E-state index in [4.69, 9.17) is 4.74 Å². The van der Waals surface area contributed by atoms with Gasteiger partial charge in [-0.1, -0.05) is 50.6 Å². The molecule has 0 aliphatic carbocycles. The molecule has 0 aromatic heterocycles. The van der Waals surface area contributed by atoms with Crippen LogP contribution in [0.15, 0.2) is 54.6 Å². The SMILES string of the molecule is CCCc1cccc(C(=O)OC(CC)NC(=O)c2ccccc2)c1. The summed E-state index contributed by atoms with van der Waals surface area (Å²) < 4.78 is 5.44. The molecule has 1 atom stereocenters. The number of ether oxygens (including phenoxy) is 1. The zero-order chi connectivity index (χ0) is 17.4. The van der Waals surface area contributed by atoms with Gasteiger partial charge in [0, 0.05) is 12.0 Å². The molecule has 0 heterocycles. The Hall–Kier alpha value is -2.62. The summed E-state index contributed by atoms with van der Waals surface area (Å²) in [6, 6.07) is 16.3. The monoisotopic (exact) mass is 325 g/mol. The van der Waals surface area contributed by atoms with Crippen LogP contribution in [0.1, 0.15) is 53.0 Å². The van der Waals surface area contributed by atoms with Gasteiger partial charge in [-0.05, 0) is 36.2 Å². The maximum atomic E-state index is 12.3. The van der Waals surface area contributed by atoms with Crippen molar-refractivity contribution >= 4 is 11.9 Å². The molecular formula is C20H23NO3. The number of aryl methyl sites for hydroxylation is 1. The lowest BCUT2D eigenvalue weighted by atomic mass is 10.1. The van der Waals surface area contributed by atoms with E-state index in [1.54, 1.807) is 30.3 Å². The summed E-state index contributed by atoms with van der Waals surface area (Å²) in [5, 5.41) is 2.74. The third-order valence-corrected chi connectivity index (χ3v) is 3.65. The van der Waals surface area contributed by atoms with E-state index in [1.807, 2.05) is 31.2 Å². The number of carbonyl (C=O) groups excluding carboxylic acids is 2. The van der Waals surface area contributed by atoms with Gasteiger partial charge >= 0.3 is 5.97 Å². The van der Waals surface area contributed by atoms with Crippen LogP contribution in [-0.4, -0.2) is 18.1 Å². The second-order valence-corrected chi connectivity index (χ2v) is 5.59. The van der Waals surface area contributed by atoms with Gasteiger partial charge in [-0.2, -0.15) is 0 Å². The lowest BCUT2D eigenvalue weighted by molar-refractivity contribution is 0.0206. The molecule has 1 amide bonds. The van der Waals surface area contributed by atoms with E-state index in [0.29, 0.717) is 17.5 Å². The van der Waals surface area contributed by atoms with Crippen LogP contribution in [0.5, 0.6) is 0 Å². The number of rotatable bonds is 7. The van der Waals surface area contributed by atoms with Crippen LogP contribution in [0, 0.1) is 0 Å². The second-order valence-electron chi connectivity index (χ2n) is 5.59. The Bertz CT molecular complexity index is 682. The van der Waals surface area contributed by atoms with Gasteiger partial charge in [-0.3, -0.25) is 4.79 Å². The van der Waals surface area contributed by atoms with Crippen LogP contribution in [0.4, 0.5) is 0 Å². The van der Waals surface area contributed by atoms with Crippen molar-refractivity contribution in [3.8, 4) is 0 Å². The molecule has 24 heavy (non-hydrogen) atoms. The highest BCUT2D eigenvalue weighted by atomic mass is 16.6. The van der Waals surface area contributed by atoms with Gasteiger partial charge in [0.2, 0.25) is 0 Å². The molecule has 4 nitrogen and oxygen atoms in total. The molecule has 0 aliphatic heterocycles. The fourth-order valence-electron chi connectivity index (χ4n) is 2.37. The number of amides is 1. The molecule has 4 heteroatoms. The first-order valence-electron chi connectivity index (χ1n) is 8.29. The molecule has 1 N–H and O–H groups in total. The first kappa shape index (κ1) is 17.7. The number of esters is 1. The van der Waals surface area contributed by atoms with E-state index in [0.717, 1.165) is 18.4 Å². The molecule has 0 saturated heterocycles. The van der Waals surface area contributed by atoms with Crippen LogP contribution < -0.4 is 5.32 Å². The van der Waals surface area contributed by atoms with Crippen LogP contribution >= 0.6 is 0 Å². The molecule has 0 bridgehead atoms. The van der Waals surface area contributed by atoms with Gasteiger partial charge in [0.05, 0.1) is 5.56 Å². The smallest absolute Gasteiger partial charge is 0.340 e. The highest BCUT2D eigenvalue weighted by molar-refractivity contribution is 5.94. The van der Waals surface area contributed by atoms with Gasteiger partial charge in [0.15, 0.2) is 6.23 Å². The Kier molecular flexibility index (Phi) is 6.55. The summed E-state index contributed by atoms with van der Waals surface area (Å²) in [6.45, 7) is 3.95. The van der Waals surface area contributed by atoms with Crippen molar-refractivity contribution in [1.29, 1.82) is 0 Å². The minimum Gasteiger partial charge on any atom is -0.438 e. The van der Waals surface area contributed by atoms with Crippen molar-refractivity contribution in [2.45, 2.75) is 39.3 Å². The summed E-state index contributed by atoms with van der Waals surface area (Å²) in [4.78, 5) is 24.5. The number of nitrogens with one attached hydrogen (secondary N) is 1. The lowest BCUT2D eigenvalue weighted by Crippen LogP contribution is -2.38.